The Bertz CT molecular complexity index is 299. The molecular formula is C13H18. The molecule has 1 aromatic carbocycles. The van der Waals surface area contributed by atoms with Gasteiger partial charge in [0.1, 0.15) is 0 Å². The van der Waals surface area contributed by atoms with Crippen molar-refractivity contribution < 1.29 is 0 Å². The number of hydrogen-bond acceptors (Lipinski definition) is 0. The van der Waals surface area contributed by atoms with Crippen molar-refractivity contribution >= 4 is 0 Å². The van der Waals surface area contributed by atoms with Gasteiger partial charge in [-0.15, -0.1) is 0 Å². The molecule has 0 radical (unpaired) electrons. The summed E-state index contributed by atoms with van der Waals surface area (Å²) in [6, 6.07) is 6.96. The van der Waals surface area contributed by atoms with Crippen molar-refractivity contribution in [2.75, 3.05) is 0 Å². The number of hydrogen-bond donors (Lipinski definition) is 0. The van der Waals surface area contributed by atoms with E-state index in [0.717, 1.165) is 5.92 Å². The Morgan fingerprint density at radius 2 is 2.08 bits per heavy atom. The van der Waals surface area contributed by atoms with E-state index in [2.05, 4.69) is 32.0 Å². The summed E-state index contributed by atoms with van der Waals surface area (Å²) in [5, 5.41) is 0. The van der Waals surface area contributed by atoms with Crippen LogP contribution in [0.25, 0.3) is 0 Å². The molecule has 0 heteroatoms. The molecule has 1 atom stereocenters. The van der Waals surface area contributed by atoms with E-state index < -0.39 is 0 Å². The number of rotatable bonds is 0. The molecule has 1 aliphatic carbocycles. The first-order chi connectivity index (χ1) is 6.27. The lowest BCUT2D eigenvalue weighted by Gasteiger charge is -2.12. The fourth-order valence-corrected chi connectivity index (χ4v) is 2.35. The molecule has 0 fully saturated rings. The highest BCUT2D eigenvalue weighted by molar-refractivity contribution is 5.34. The third-order valence-corrected chi connectivity index (χ3v) is 3.16. The van der Waals surface area contributed by atoms with Crippen molar-refractivity contribution in [1.82, 2.24) is 0 Å². The first-order valence-electron chi connectivity index (χ1n) is 5.37. The van der Waals surface area contributed by atoms with Gasteiger partial charge >= 0.3 is 0 Å². The molecule has 1 aromatic rings. The predicted molar refractivity (Wildman–Crippen MR) is 57.1 cm³/mol. The highest BCUT2D eigenvalue weighted by Crippen LogP contribution is 2.30. The second-order valence-electron chi connectivity index (χ2n) is 4.35. The Labute approximate surface area is 81.0 Å². The van der Waals surface area contributed by atoms with Crippen LogP contribution in [-0.4, -0.2) is 0 Å². The largest absolute Gasteiger partial charge is 0.0590 e. The van der Waals surface area contributed by atoms with E-state index in [1.165, 1.54) is 31.2 Å². The van der Waals surface area contributed by atoms with Gasteiger partial charge in [-0.1, -0.05) is 37.1 Å². The zero-order valence-corrected chi connectivity index (χ0v) is 8.64. The average molecular weight is 174 g/mol. The number of aryl methyl sites for hydroxylation is 2. The number of benzene rings is 1. The molecule has 0 amide bonds. The van der Waals surface area contributed by atoms with Crippen LogP contribution in [0.15, 0.2) is 18.2 Å². The summed E-state index contributed by atoms with van der Waals surface area (Å²) < 4.78 is 0. The first-order valence-corrected chi connectivity index (χ1v) is 5.37. The minimum absolute atomic E-state index is 0.776. The quantitative estimate of drug-likeness (QED) is 0.524. The van der Waals surface area contributed by atoms with Crippen LogP contribution in [0.3, 0.4) is 0 Å². The normalized spacial score (nSPS) is 22.2. The van der Waals surface area contributed by atoms with E-state index in [0.29, 0.717) is 0 Å². The van der Waals surface area contributed by atoms with Gasteiger partial charge in [-0.2, -0.15) is 0 Å². The molecule has 70 valence electrons. The summed E-state index contributed by atoms with van der Waals surface area (Å²) in [6.07, 6.45) is 5.44. The first kappa shape index (κ1) is 8.80. The Morgan fingerprint density at radius 1 is 1.23 bits per heavy atom. The smallest absolute Gasteiger partial charge is 0.0188 e. The molecule has 2 rings (SSSR count). The summed E-state index contributed by atoms with van der Waals surface area (Å²) in [5.41, 5.74) is 4.61. The van der Waals surface area contributed by atoms with Crippen LogP contribution in [0, 0.1) is 6.92 Å². The van der Waals surface area contributed by atoms with Crippen molar-refractivity contribution in [1.29, 1.82) is 0 Å². The molecule has 0 unspecified atom stereocenters. The lowest BCUT2D eigenvalue weighted by atomic mass is 9.93. The summed E-state index contributed by atoms with van der Waals surface area (Å²) in [6.45, 7) is 4.55. The minimum Gasteiger partial charge on any atom is -0.0590 e. The maximum absolute atomic E-state index is 2.37. The second-order valence-corrected chi connectivity index (χ2v) is 4.35. The van der Waals surface area contributed by atoms with Gasteiger partial charge in [-0.05, 0) is 43.2 Å². The van der Waals surface area contributed by atoms with Crippen LogP contribution < -0.4 is 0 Å². The summed E-state index contributed by atoms with van der Waals surface area (Å²) in [4.78, 5) is 0. The van der Waals surface area contributed by atoms with Crippen molar-refractivity contribution in [3.8, 4) is 0 Å². The predicted octanol–water partition coefficient (Wildman–Crippen LogP) is 3.82. The van der Waals surface area contributed by atoms with Gasteiger partial charge in [0.15, 0.2) is 0 Å². The van der Waals surface area contributed by atoms with Crippen molar-refractivity contribution in [3.63, 3.8) is 0 Å². The maximum atomic E-state index is 2.37. The molecule has 0 aromatic heterocycles. The lowest BCUT2D eigenvalue weighted by Crippen LogP contribution is -1.95. The fraction of sp³-hybridized carbons (Fsp3) is 0.538. The standard InChI is InChI=1S/C13H18/c1-10-7-8-13-11(2)5-3-4-6-12(13)9-10/h7-9,11H,3-6H2,1-2H3/t11-/m0/s1. The molecule has 0 aliphatic heterocycles. The van der Waals surface area contributed by atoms with Gasteiger partial charge in [0.25, 0.3) is 0 Å². The van der Waals surface area contributed by atoms with E-state index in [1.807, 2.05) is 0 Å². The SMILES string of the molecule is Cc1ccc2c(c1)CCCC[C@@H]2C. The van der Waals surface area contributed by atoms with Gasteiger partial charge in [0, 0.05) is 0 Å². The Balaban J connectivity index is 2.42. The van der Waals surface area contributed by atoms with Crippen LogP contribution in [0.2, 0.25) is 0 Å². The highest BCUT2D eigenvalue weighted by atomic mass is 14.2. The summed E-state index contributed by atoms with van der Waals surface area (Å²) in [5.74, 6) is 0.776. The van der Waals surface area contributed by atoms with Gasteiger partial charge in [-0.3, -0.25) is 0 Å². The van der Waals surface area contributed by atoms with E-state index in [4.69, 9.17) is 0 Å². The Hall–Kier alpha value is -0.780. The molecule has 0 saturated heterocycles. The lowest BCUT2D eigenvalue weighted by molar-refractivity contribution is 0.635. The van der Waals surface area contributed by atoms with Crippen molar-refractivity contribution in [3.05, 3.63) is 34.9 Å². The molecule has 0 spiro atoms. The molecule has 13 heavy (non-hydrogen) atoms. The molecule has 0 heterocycles. The van der Waals surface area contributed by atoms with Gasteiger partial charge in [0.2, 0.25) is 0 Å². The summed E-state index contributed by atoms with van der Waals surface area (Å²) in [7, 11) is 0. The van der Waals surface area contributed by atoms with Crippen LogP contribution in [0.1, 0.15) is 48.8 Å². The molecule has 0 nitrogen and oxygen atoms in total. The number of fused-ring (bicyclic) bond motifs is 1. The van der Waals surface area contributed by atoms with Crippen LogP contribution in [0.5, 0.6) is 0 Å². The van der Waals surface area contributed by atoms with Gasteiger partial charge in [-0.25, -0.2) is 0 Å². The molecule has 0 saturated carbocycles. The van der Waals surface area contributed by atoms with E-state index in [-0.39, 0.29) is 0 Å². The zero-order valence-electron chi connectivity index (χ0n) is 8.64. The molecular weight excluding hydrogens is 156 g/mol. The third kappa shape index (κ3) is 1.77. The highest BCUT2D eigenvalue weighted by Gasteiger charge is 2.13. The monoisotopic (exact) mass is 174 g/mol. The molecule has 0 bridgehead atoms. The minimum atomic E-state index is 0.776. The van der Waals surface area contributed by atoms with Crippen LogP contribution >= 0.6 is 0 Å². The van der Waals surface area contributed by atoms with Gasteiger partial charge < -0.3 is 0 Å². The van der Waals surface area contributed by atoms with E-state index in [1.54, 1.807) is 11.1 Å². The molecule has 1 aliphatic rings. The zero-order chi connectivity index (χ0) is 9.26. The van der Waals surface area contributed by atoms with E-state index in [9.17, 15) is 0 Å². The third-order valence-electron chi connectivity index (χ3n) is 3.16. The van der Waals surface area contributed by atoms with Crippen LogP contribution in [-0.2, 0) is 6.42 Å². The average Bonchev–Trinajstić information content (AvgIpc) is 2.28. The second kappa shape index (κ2) is 3.53. The fourth-order valence-electron chi connectivity index (χ4n) is 2.35. The van der Waals surface area contributed by atoms with Gasteiger partial charge in [0.05, 0.1) is 0 Å². The molecule has 0 N–H and O–H groups in total. The van der Waals surface area contributed by atoms with Crippen molar-refractivity contribution in [2.24, 2.45) is 0 Å². The Kier molecular flexibility index (Phi) is 2.39. The van der Waals surface area contributed by atoms with Crippen molar-refractivity contribution in [2.45, 2.75) is 45.4 Å². The van der Waals surface area contributed by atoms with Crippen LogP contribution in [0.4, 0.5) is 0 Å². The maximum Gasteiger partial charge on any atom is -0.0188 e. The summed E-state index contributed by atoms with van der Waals surface area (Å²) >= 11 is 0. The van der Waals surface area contributed by atoms with E-state index >= 15 is 0 Å². The Morgan fingerprint density at radius 3 is 2.92 bits per heavy atom. The topological polar surface area (TPSA) is 0 Å².